The molecule has 1 saturated heterocycles. The zero-order valence-corrected chi connectivity index (χ0v) is 22.0. The second kappa shape index (κ2) is 17.3. The average molecular weight is 558 g/mol. The third-order valence-electron chi connectivity index (χ3n) is 5.21. The summed E-state index contributed by atoms with van der Waals surface area (Å²) >= 11 is 0. The minimum atomic E-state index is -1.25. The molecule has 0 bridgehead atoms. The van der Waals surface area contributed by atoms with Gasteiger partial charge in [0.2, 0.25) is 5.91 Å². The van der Waals surface area contributed by atoms with Gasteiger partial charge in [-0.25, -0.2) is 0 Å². The van der Waals surface area contributed by atoms with Crippen molar-refractivity contribution in [3.8, 4) is 0 Å². The van der Waals surface area contributed by atoms with Crippen molar-refractivity contribution in [2.24, 2.45) is 5.73 Å². The van der Waals surface area contributed by atoms with E-state index in [9.17, 15) is 34.2 Å². The first-order valence-electron chi connectivity index (χ1n) is 10.8. The summed E-state index contributed by atoms with van der Waals surface area (Å²) in [6.07, 6.45) is 0. The summed E-state index contributed by atoms with van der Waals surface area (Å²) in [6, 6.07) is -1.25. The molecule has 194 valence electrons. The third kappa shape index (κ3) is 15.4. The van der Waals surface area contributed by atoms with Crippen LogP contribution in [0.15, 0.2) is 0 Å². The summed E-state index contributed by atoms with van der Waals surface area (Å²) in [5.41, 5.74) is 5.39. The first kappa shape index (κ1) is 32.8. The maximum atomic E-state index is 12.3. The predicted molar refractivity (Wildman–Crippen MR) is 123 cm³/mol. The number of carbonyl (C=O) groups excluding carboxylic acids is 1. The van der Waals surface area contributed by atoms with Crippen LogP contribution in [0.1, 0.15) is 0 Å². The number of carbonyl (C=O) groups is 5. The van der Waals surface area contributed by atoms with Crippen LogP contribution in [0.25, 0.3) is 0 Å². The molecule has 0 aliphatic carbocycles. The van der Waals surface area contributed by atoms with Gasteiger partial charge < -0.3 is 31.5 Å². The zero-order valence-electron chi connectivity index (χ0n) is 19.5. The van der Waals surface area contributed by atoms with E-state index in [2.05, 4.69) is 5.32 Å². The quantitative estimate of drug-likeness (QED) is 0.132. The summed E-state index contributed by atoms with van der Waals surface area (Å²) in [6.45, 7) is 1.04. The Morgan fingerprint density at radius 1 is 0.629 bits per heavy atom. The molecule has 1 aliphatic heterocycles. The summed E-state index contributed by atoms with van der Waals surface area (Å²) in [4.78, 5) is 63.5. The van der Waals surface area contributed by atoms with Crippen LogP contribution in [0.5, 0.6) is 0 Å². The van der Waals surface area contributed by atoms with Crippen molar-refractivity contribution >= 4 is 49.6 Å². The van der Waals surface area contributed by atoms with Crippen LogP contribution < -0.4 is 11.1 Å². The molecule has 1 rings (SSSR count). The van der Waals surface area contributed by atoms with E-state index in [-0.39, 0.29) is 105 Å². The van der Waals surface area contributed by atoms with Gasteiger partial charge in [-0.1, -0.05) is 0 Å². The van der Waals surface area contributed by atoms with Gasteiger partial charge in [0, 0.05) is 58.9 Å². The van der Waals surface area contributed by atoms with Crippen molar-refractivity contribution in [3.05, 3.63) is 0 Å². The van der Waals surface area contributed by atoms with Gasteiger partial charge in [0.1, 0.15) is 6.04 Å². The van der Waals surface area contributed by atoms with E-state index in [4.69, 9.17) is 15.9 Å². The predicted octanol–water partition coefficient (Wildman–Crippen LogP) is -4.39. The first-order chi connectivity index (χ1) is 16.0. The number of nitrogens with one attached hydrogen (secondary N) is 1. The van der Waals surface area contributed by atoms with E-state index in [1.54, 1.807) is 19.6 Å². The van der Waals surface area contributed by atoms with Crippen molar-refractivity contribution in [1.29, 1.82) is 0 Å². The molecule has 1 heterocycles. The van der Waals surface area contributed by atoms with Gasteiger partial charge in [-0.05, 0) is 0 Å². The van der Waals surface area contributed by atoms with Crippen molar-refractivity contribution in [3.63, 3.8) is 0 Å². The largest absolute Gasteiger partial charge is 3.00 e. The third-order valence-corrected chi connectivity index (χ3v) is 5.21. The summed E-state index contributed by atoms with van der Waals surface area (Å²) < 4.78 is 0. The van der Waals surface area contributed by atoms with Gasteiger partial charge in [-0.2, -0.15) is 0 Å². The number of hydrogen-bond donors (Lipinski definition) is 6. The molecular formula is C19H34GaN6O9+3. The van der Waals surface area contributed by atoms with E-state index >= 15 is 0 Å². The van der Waals surface area contributed by atoms with Crippen LogP contribution in [-0.4, -0.2) is 181 Å². The van der Waals surface area contributed by atoms with Gasteiger partial charge >= 0.3 is 43.7 Å². The molecule has 1 aliphatic rings. The van der Waals surface area contributed by atoms with Gasteiger partial charge in [-0.15, -0.1) is 0 Å². The Kier molecular flexibility index (Phi) is 16.2. The van der Waals surface area contributed by atoms with Crippen LogP contribution in [0.4, 0.5) is 0 Å². The SMILES string of the molecule is NC(CNC(=O)CN1CCN(CC(=O)O)CCN(CC(=O)O)CCN(CC(=O)O)CC1)C(=O)O.[68Ga+3]. The monoisotopic (exact) mass is 558 g/mol. The number of aliphatic carboxylic acids is 4. The fourth-order valence-electron chi connectivity index (χ4n) is 3.35. The molecule has 1 fully saturated rings. The van der Waals surface area contributed by atoms with Gasteiger partial charge in [0.15, 0.2) is 0 Å². The van der Waals surface area contributed by atoms with Crippen LogP contribution in [0.3, 0.4) is 0 Å². The Morgan fingerprint density at radius 3 is 1.17 bits per heavy atom. The fraction of sp³-hybridized carbons (Fsp3) is 0.737. The van der Waals surface area contributed by atoms with Gasteiger partial charge in [-0.3, -0.25) is 43.6 Å². The van der Waals surface area contributed by atoms with E-state index < -0.39 is 35.8 Å². The van der Waals surface area contributed by atoms with E-state index in [0.717, 1.165) is 0 Å². The number of hydrogen-bond acceptors (Lipinski definition) is 10. The minimum absolute atomic E-state index is 0. The second-order valence-electron chi connectivity index (χ2n) is 8.03. The Labute approximate surface area is 215 Å². The first-order valence-corrected chi connectivity index (χ1v) is 10.8. The molecule has 7 N–H and O–H groups in total. The molecule has 15 nitrogen and oxygen atoms in total. The van der Waals surface area contributed by atoms with Crippen molar-refractivity contribution < 1.29 is 44.4 Å². The topological polar surface area (TPSA) is 217 Å². The number of carboxylic acids is 4. The van der Waals surface area contributed by atoms with Gasteiger partial charge in [0.05, 0.1) is 26.2 Å². The van der Waals surface area contributed by atoms with Crippen molar-refractivity contribution in [1.82, 2.24) is 24.9 Å². The number of amides is 1. The van der Waals surface area contributed by atoms with E-state index in [0.29, 0.717) is 0 Å². The fourth-order valence-corrected chi connectivity index (χ4v) is 3.35. The average Bonchev–Trinajstić information content (AvgIpc) is 2.72. The molecule has 1 unspecified atom stereocenters. The second-order valence-corrected chi connectivity index (χ2v) is 8.03. The molecule has 1 atom stereocenters. The number of carboxylic acid groups (broad SMARTS) is 4. The van der Waals surface area contributed by atoms with Gasteiger partial charge in [0.25, 0.3) is 0 Å². The Hall–Kier alpha value is -2.21. The summed E-state index contributed by atoms with van der Waals surface area (Å²) in [7, 11) is 0. The summed E-state index contributed by atoms with van der Waals surface area (Å²) in [5, 5.41) is 38.9. The number of nitrogens with zero attached hydrogens (tertiary/aromatic N) is 4. The molecule has 0 aromatic rings. The smallest absolute Gasteiger partial charge is 0.480 e. The molecule has 35 heavy (non-hydrogen) atoms. The normalized spacial score (nSPS) is 18.3. The molecule has 1 amide bonds. The standard InChI is InChI=1S/C19H34N6O9.Ga/c20-14(19(33)34)9-21-15(26)10-22-1-3-23(11-16(27)28)5-7-25(13-18(31)32)8-6-24(4-2-22)12-17(29)30;/h14H,1-13,20H2,(H,21,26)(H,27,28)(H,29,30)(H,31,32)(H,33,34);/q;+3/i;1-2. The van der Waals surface area contributed by atoms with Crippen molar-refractivity contribution in [2.45, 2.75) is 6.04 Å². The zero-order chi connectivity index (χ0) is 25.7. The van der Waals surface area contributed by atoms with Crippen LogP contribution in [-0.2, 0) is 24.0 Å². The van der Waals surface area contributed by atoms with Crippen LogP contribution in [0, 0.1) is 0 Å². The maximum Gasteiger partial charge on any atom is 3.00 e. The molecule has 0 aromatic heterocycles. The van der Waals surface area contributed by atoms with Crippen molar-refractivity contribution in [2.75, 3.05) is 85.1 Å². The number of nitrogens with two attached hydrogens (primary N) is 1. The molecule has 0 spiro atoms. The molecule has 0 radical (unpaired) electrons. The molecule has 16 heteroatoms. The molecule has 0 aromatic carbocycles. The van der Waals surface area contributed by atoms with E-state index in [1.807, 2.05) is 0 Å². The number of rotatable bonds is 11. The van der Waals surface area contributed by atoms with Crippen LogP contribution >= 0.6 is 0 Å². The minimum Gasteiger partial charge on any atom is -0.480 e. The molecule has 0 saturated carbocycles. The van der Waals surface area contributed by atoms with Crippen LogP contribution in [0.2, 0.25) is 0 Å². The maximum absolute atomic E-state index is 12.3. The summed E-state index contributed by atoms with van der Waals surface area (Å²) in [5.74, 6) is -4.85. The Balaban J connectivity index is 0.0000116. The molecular weight excluding hydrogens is 524 g/mol. The Bertz CT molecular complexity index is 697. The Morgan fingerprint density at radius 2 is 0.914 bits per heavy atom. The van der Waals surface area contributed by atoms with E-state index in [1.165, 1.54) is 0 Å².